The summed E-state index contributed by atoms with van der Waals surface area (Å²) < 4.78 is 11.1. The van der Waals surface area contributed by atoms with Gasteiger partial charge in [0.15, 0.2) is 6.29 Å². The maximum Gasteiger partial charge on any atom is 0.187 e. The zero-order chi connectivity index (χ0) is 17.4. The lowest BCUT2D eigenvalue weighted by molar-refractivity contribution is -0.333. The van der Waals surface area contributed by atoms with Gasteiger partial charge in [-0.05, 0) is 25.7 Å². The van der Waals surface area contributed by atoms with Gasteiger partial charge in [-0.1, -0.05) is 25.5 Å². The fourth-order valence-electron chi connectivity index (χ4n) is 3.04. The van der Waals surface area contributed by atoms with Crippen LogP contribution in [0.15, 0.2) is 11.6 Å². The van der Waals surface area contributed by atoms with Crippen LogP contribution in [0, 0.1) is 5.92 Å². The molecule has 0 aromatic carbocycles. The summed E-state index contributed by atoms with van der Waals surface area (Å²) >= 11 is 0. The van der Waals surface area contributed by atoms with Gasteiger partial charge in [0.25, 0.3) is 0 Å². The fraction of sp³-hybridized carbons (Fsp3) is 0.875. The highest BCUT2D eigenvalue weighted by atomic mass is 16.7. The molecular weight excluding hydrogens is 304 g/mol. The molecule has 1 aliphatic carbocycles. The van der Waals surface area contributed by atoms with E-state index in [0.717, 1.165) is 12.0 Å². The molecule has 0 spiro atoms. The zero-order valence-corrected chi connectivity index (χ0v) is 13.8. The summed E-state index contributed by atoms with van der Waals surface area (Å²) in [4.78, 5) is 0. The molecule has 0 saturated carbocycles. The molecular formula is C16H28O7. The van der Waals surface area contributed by atoms with Gasteiger partial charge in [0.1, 0.15) is 30.5 Å². The van der Waals surface area contributed by atoms with Crippen LogP contribution in [0.3, 0.4) is 0 Å². The highest BCUT2D eigenvalue weighted by molar-refractivity contribution is 5.17. The Morgan fingerprint density at radius 1 is 1.22 bits per heavy atom. The number of aliphatic hydroxyl groups is 5. The van der Waals surface area contributed by atoms with Crippen LogP contribution < -0.4 is 0 Å². The average Bonchev–Trinajstić information content (AvgIpc) is 2.50. The van der Waals surface area contributed by atoms with E-state index in [4.69, 9.17) is 9.47 Å². The van der Waals surface area contributed by atoms with Crippen molar-refractivity contribution in [1.29, 1.82) is 0 Å². The van der Waals surface area contributed by atoms with E-state index >= 15 is 0 Å². The molecule has 7 heteroatoms. The third-order valence-corrected chi connectivity index (χ3v) is 4.88. The van der Waals surface area contributed by atoms with Crippen molar-refractivity contribution in [1.82, 2.24) is 0 Å². The van der Waals surface area contributed by atoms with Crippen LogP contribution in [0.2, 0.25) is 0 Å². The molecule has 1 aliphatic heterocycles. The molecule has 7 unspecified atom stereocenters. The van der Waals surface area contributed by atoms with Crippen LogP contribution in [0.4, 0.5) is 0 Å². The minimum absolute atomic E-state index is 0.335. The average molecular weight is 332 g/mol. The number of aliphatic hydroxyl groups excluding tert-OH is 5. The molecule has 0 aromatic rings. The summed E-state index contributed by atoms with van der Waals surface area (Å²) in [5, 5.41) is 49.3. The summed E-state index contributed by atoms with van der Waals surface area (Å²) in [5.41, 5.74) is 0.166. The van der Waals surface area contributed by atoms with Gasteiger partial charge >= 0.3 is 0 Å². The number of allylic oxidation sites excluding steroid dienone is 1. The largest absolute Gasteiger partial charge is 0.394 e. The predicted molar refractivity (Wildman–Crippen MR) is 81.4 cm³/mol. The van der Waals surface area contributed by atoms with Crippen molar-refractivity contribution in [2.45, 2.75) is 76.0 Å². The third-order valence-electron chi connectivity index (χ3n) is 4.88. The molecule has 0 amide bonds. The number of ether oxygens (including phenoxy) is 2. The van der Waals surface area contributed by atoms with Crippen LogP contribution in [-0.2, 0) is 9.47 Å². The van der Waals surface area contributed by atoms with Crippen LogP contribution in [0.1, 0.15) is 33.6 Å². The maximum absolute atomic E-state index is 10.4. The fourth-order valence-corrected chi connectivity index (χ4v) is 3.04. The lowest BCUT2D eigenvalue weighted by Gasteiger charge is -2.45. The van der Waals surface area contributed by atoms with Gasteiger partial charge in [-0.2, -0.15) is 0 Å². The van der Waals surface area contributed by atoms with Crippen molar-refractivity contribution in [3.63, 3.8) is 0 Å². The second-order valence-electron chi connectivity index (χ2n) is 6.97. The maximum atomic E-state index is 10.4. The van der Waals surface area contributed by atoms with E-state index in [2.05, 4.69) is 13.8 Å². The third kappa shape index (κ3) is 3.76. The van der Waals surface area contributed by atoms with E-state index in [1.165, 1.54) is 0 Å². The number of hydrogen-bond acceptors (Lipinski definition) is 7. The van der Waals surface area contributed by atoms with Gasteiger partial charge in [0.2, 0.25) is 0 Å². The van der Waals surface area contributed by atoms with E-state index in [-0.39, 0.29) is 0 Å². The minimum atomic E-state index is -1.49. The Morgan fingerprint density at radius 3 is 2.39 bits per heavy atom. The van der Waals surface area contributed by atoms with Gasteiger partial charge in [-0.25, -0.2) is 0 Å². The first-order valence-electron chi connectivity index (χ1n) is 8.06. The summed E-state index contributed by atoms with van der Waals surface area (Å²) in [7, 11) is 0. The van der Waals surface area contributed by atoms with Gasteiger partial charge in [0.05, 0.1) is 12.2 Å². The van der Waals surface area contributed by atoms with Gasteiger partial charge in [0, 0.05) is 0 Å². The zero-order valence-electron chi connectivity index (χ0n) is 13.8. The summed E-state index contributed by atoms with van der Waals surface area (Å²) in [6, 6.07) is 0. The Kier molecular flexibility index (Phi) is 5.84. The van der Waals surface area contributed by atoms with Crippen molar-refractivity contribution in [3.8, 4) is 0 Å². The molecule has 134 valence electrons. The topological polar surface area (TPSA) is 120 Å². The molecule has 2 aliphatic rings. The first kappa shape index (κ1) is 18.8. The summed E-state index contributed by atoms with van der Waals surface area (Å²) in [5.74, 6) is 0.335. The van der Waals surface area contributed by atoms with Gasteiger partial charge in [-0.3, -0.25) is 0 Å². The summed E-state index contributed by atoms with van der Waals surface area (Å²) in [6.45, 7) is 5.31. The first-order valence-corrected chi connectivity index (χ1v) is 8.06. The molecule has 7 atom stereocenters. The highest BCUT2D eigenvalue weighted by Gasteiger charge is 2.48. The van der Waals surface area contributed by atoms with Crippen LogP contribution in [0.5, 0.6) is 0 Å². The minimum Gasteiger partial charge on any atom is -0.394 e. The van der Waals surface area contributed by atoms with Gasteiger partial charge < -0.3 is 35.0 Å². The van der Waals surface area contributed by atoms with E-state index in [1.807, 2.05) is 0 Å². The predicted octanol–water partition coefficient (Wildman–Crippen LogP) is -0.701. The van der Waals surface area contributed by atoms with E-state index in [9.17, 15) is 25.5 Å². The molecule has 23 heavy (non-hydrogen) atoms. The van der Waals surface area contributed by atoms with E-state index in [1.54, 1.807) is 13.0 Å². The van der Waals surface area contributed by atoms with Crippen molar-refractivity contribution < 1.29 is 35.0 Å². The first-order chi connectivity index (χ1) is 10.7. The molecule has 1 fully saturated rings. The van der Waals surface area contributed by atoms with Crippen molar-refractivity contribution in [2.75, 3.05) is 6.61 Å². The lowest BCUT2D eigenvalue weighted by Crippen LogP contribution is -2.61. The molecule has 0 bridgehead atoms. The Labute approximate surface area is 136 Å². The molecule has 7 nitrogen and oxygen atoms in total. The van der Waals surface area contributed by atoms with Crippen molar-refractivity contribution in [3.05, 3.63) is 11.6 Å². The lowest BCUT2D eigenvalue weighted by atomic mass is 9.81. The van der Waals surface area contributed by atoms with E-state index in [0.29, 0.717) is 12.3 Å². The van der Waals surface area contributed by atoms with Crippen molar-refractivity contribution in [2.24, 2.45) is 5.92 Å². The number of hydrogen-bond donors (Lipinski definition) is 5. The molecule has 0 radical (unpaired) electrons. The Balaban J connectivity index is 2.11. The molecule has 5 N–H and O–H groups in total. The normalized spacial score (nSPS) is 45.2. The Bertz CT molecular complexity index is 436. The second-order valence-corrected chi connectivity index (χ2v) is 6.97. The Hall–Kier alpha value is -0.540. The molecule has 0 aromatic heterocycles. The highest BCUT2D eigenvalue weighted by Crippen LogP contribution is 2.36. The van der Waals surface area contributed by atoms with Crippen LogP contribution in [-0.4, -0.2) is 74.6 Å². The molecule has 1 saturated heterocycles. The molecule has 1 heterocycles. The number of rotatable bonds is 4. The monoisotopic (exact) mass is 332 g/mol. The quantitative estimate of drug-likeness (QED) is 0.432. The van der Waals surface area contributed by atoms with Gasteiger partial charge in [-0.15, -0.1) is 0 Å². The van der Waals surface area contributed by atoms with Crippen molar-refractivity contribution >= 4 is 0 Å². The van der Waals surface area contributed by atoms with E-state index < -0.39 is 49.0 Å². The standard InChI is InChI=1S/C16H28O7/c1-8(2)9-4-5-16(3,11(18)6-9)23-15-14(21)13(20)12(19)10(7-17)22-15/h6,8,10-15,17-21H,4-5,7H2,1-3H3. The van der Waals surface area contributed by atoms with Crippen LogP contribution >= 0.6 is 0 Å². The Morgan fingerprint density at radius 2 is 1.87 bits per heavy atom. The smallest absolute Gasteiger partial charge is 0.187 e. The summed E-state index contributed by atoms with van der Waals surface area (Å²) in [6.07, 6.45) is -4.46. The SMILES string of the molecule is CC(C)C1=CC(O)C(C)(OC2OC(CO)C(O)C(O)C2O)CC1. The second kappa shape index (κ2) is 7.14. The van der Waals surface area contributed by atoms with Crippen LogP contribution in [0.25, 0.3) is 0 Å². The molecule has 2 rings (SSSR count).